The average molecular weight is 339 g/mol. The number of hydrogen-bond donors (Lipinski definition) is 1. The van der Waals surface area contributed by atoms with E-state index >= 15 is 0 Å². The van der Waals surface area contributed by atoms with Gasteiger partial charge in [0, 0.05) is 11.3 Å². The highest BCUT2D eigenvalue weighted by Gasteiger charge is 2.27. The van der Waals surface area contributed by atoms with E-state index in [0.717, 1.165) is 5.56 Å². The Labute approximate surface area is 144 Å². The van der Waals surface area contributed by atoms with Crippen LogP contribution in [0.3, 0.4) is 0 Å². The Morgan fingerprint density at radius 1 is 1.08 bits per heavy atom. The van der Waals surface area contributed by atoms with Gasteiger partial charge in [-0.1, -0.05) is 0 Å². The summed E-state index contributed by atoms with van der Waals surface area (Å²) in [5.74, 6) is -0.670. The van der Waals surface area contributed by atoms with Crippen LogP contribution in [0.5, 0.6) is 5.75 Å². The number of rotatable bonds is 5. The highest BCUT2D eigenvalue weighted by Crippen LogP contribution is 2.32. The number of carbonyl (C=O) groups excluding carboxylic acids is 3. The van der Waals surface area contributed by atoms with E-state index in [1.54, 1.807) is 49.4 Å². The van der Waals surface area contributed by atoms with Crippen LogP contribution < -0.4 is 10.1 Å². The Morgan fingerprint density at radius 2 is 1.76 bits per heavy atom. The van der Waals surface area contributed by atoms with Gasteiger partial charge in [-0.05, 0) is 55.0 Å². The zero-order chi connectivity index (χ0) is 18.0. The van der Waals surface area contributed by atoms with E-state index in [0.29, 0.717) is 22.6 Å². The van der Waals surface area contributed by atoms with E-state index in [1.165, 1.54) is 7.11 Å². The molecule has 2 aromatic carbocycles. The minimum Gasteiger partial charge on any atom is -0.497 e. The fraction of sp³-hybridized carbons (Fsp3) is 0.211. The topological polar surface area (TPSA) is 81.7 Å². The summed E-state index contributed by atoms with van der Waals surface area (Å²) in [7, 11) is 1.53. The fourth-order valence-corrected chi connectivity index (χ4v) is 2.62. The summed E-state index contributed by atoms with van der Waals surface area (Å²) in [5.41, 5.74) is 2.23. The molecule has 0 saturated carbocycles. The maximum atomic E-state index is 12.3. The van der Waals surface area contributed by atoms with Gasteiger partial charge >= 0.3 is 5.97 Å². The first-order valence-corrected chi connectivity index (χ1v) is 7.79. The van der Waals surface area contributed by atoms with Crippen LogP contribution >= 0.6 is 0 Å². The van der Waals surface area contributed by atoms with Crippen molar-refractivity contribution >= 4 is 23.3 Å². The number of Topliss-reactive ketones (excluding diaryl/α,β-unsaturated/α-hetero) is 1. The Kier molecular flexibility index (Phi) is 4.52. The van der Waals surface area contributed by atoms with Gasteiger partial charge in [0.25, 0.3) is 0 Å². The SMILES string of the molecule is COc1ccc(C(=O)OCC(=O)c2ccc3c(c2)[C@@H](C)C(=O)N3)cc1. The normalized spacial score (nSPS) is 15.3. The molecule has 0 aromatic heterocycles. The number of benzene rings is 2. The lowest BCUT2D eigenvalue weighted by molar-refractivity contribution is -0.116. The summed E-state index contributed by atoms with van der Waals surface area (Å²) in [5, 5.41) is 2.75. The van der Waals surface area contributed by atoms with Crippen molar-refractivity contribution < 1.29 is 23.9 Å². The third kappa shape index (κ3) is 3.38. The number of fused-ring (bicyclic) bond motifs is 1. The minimum atomic E-state index is -0.581. The number of anilines is 1. The van der Waals surface area contributed by atoms with Crippen molar-refractivity contribution in [2.45, 2.75) is 12.8 Å². The molecule has 0 spiro atoms. The minimum absolute atomic E-state index is 0.0921. The lowest BCUT2D eigenvalue weighted by Gasteiger charge is -2.07. The van der Waals surface area contributed by atoms with E-state index < -0.39 is 5.97 Å². The van der Waals surface area contributed by atoms with Gasteiger partial charge in [0.1, 0.15) is 5.75 Å². The van der Waals surface area contributed by atoms with E-state index in [4.69, 9.17) is 9.47 Å². The predicted molar refractivity (Wildman–Crippen MR) is 91.1 cm³/mol. The zero-order valence-electron chi connectivity index (χ0n) is 13.9. The Bertz CT molecular complexity index is 841. The van der Waals surface area contributed by atoms with Crippen LogP contribution in [0.1, 0.15) is 39.1 Å². The zero-order valence-corrected chi connectivity index (χ0v) is 13.9. The molecule has 1 heterocycles. The first kappa shape index (κ1) is 16.7. The van der Waals surface area contributed by atoms with Crippen LogP contribution in [0.25, 0.3) is 0 Å². The van der Waals surface area contributed by atoms with Gasteiger partial charge in [-0.2, -0.15) is 0 Å². The van der Waals surface area contributed by atoms with Gasteiger partial charge in [-0.25, -0.2) is 4.79 Å². The van der Waals surface area contributed by atoms with Crippen LogP contribution in [0.4, 0.5) is 5.69 Å². The van der Waals surface area contributed by atoms with Crippen molar-refractivity contribution in [2.24, 2.45) is 0 Å². The van der Waals surface area contributed by atoms with Gasteiger partial charge in [-0.15, -0.1) is 0 Å². The maximum Gasteiger partial charge on any atom is 0.338 e. The molecule has 0 fully saturated rings. The molecule has 0 bridgehead atoms. The molecular formula is C19H17NO5. The molecule has 0 saturated heterocycles. The first-order valence-electron chi connectivity index (χ1n) is 7.79. The van der Waals surface area contributed by atoms with Crippen molar-refractivity contribution in [3.63, 3.8) is 0 Å². The molecule has 1 aliphatic heterocycles. The molecule has 3 rings (SSSR count). The predicted octanol–water partition coefficient (Wildman–Crippen LogP) is 2.79. The second-order valence-electron chi connectivity index (χ2n) is 5.74. The smallest absolute Gasteiger partial charge is 0.338 e. The summed E-state index contributed by atoms with van der Waals surface area (Å²) in [6.07, 6.45) is 0. The van der Waals surface area contributed by atoms with Crippen molar-refractivity contribution in [3.05, 3.63) is 59.2 Å². The lowest BCUT2D eigenvalue weighted by atomic mass is 9.99. The molecule has 6 nitrogen and oxygen atoms in total. The van der Waals surface area contributed by atoms with Crippen molar-refractivity contribution in [2.75, 3.05) is 19.0 Å². The Balaban J connectivity index is 1.65. The number of amides is 1. The molecule has 128 valence electrons. The number of carbonyl (C=O) groups is 3. The van der Waals surface area contributed by atoms with Crippen LogP contribution in [0.2, 0.25) is 0 Å². The van der Waals surface area contributed by atoms with E-state index in [9.17, 15) is 14.4 Å². The van der Waals surface area contributed by atoms with Crippen molar-refractivity contribution in [3.8, 4) is 5.75 Å². The molecule has 2 aromatic rings. The summed E-state index contributed by atoms with van der Waals surface area (Å²) in [4.78, 5) is 35.9. The van der Waals surface area contributed by atoms with E-state index in [-0.39, 0.29) is 24.2 Å². The third-order valence-corrected chi connectivity index (χ3v) is 4.15. The first-order chi connectivity index (χ1) is 12.0. The van der Waals surface area contributed by atoms with Crippen LogP contribution in [0, 0.1) is 0 Å². The molecule has 0 aliphatic carbocycles. The molecule has 1 N–H and O–H groups in total. The third-order valence-electron chi connectivity index (χ3n) is 4.15. The lowest BCUT2D eigenvalue weighted by Crippen LogP contribution is -2.14. The fourth-order valence-electron chi connectivity index (χ4n) is 2.62. The molecule has 6 heteroatoms. The molecule has 1 atom stereocenters. The molecule has 25 heavy (non-hydrogen) atoms. The number of hydrogen-bond acceptors (Lipinski definition) is 5. The van der Waals surface area contributed by atoms with Crippen LogP contribution in [-0.2, 0) is 9.53 Å². The van der Waals surface area contributed by atoms with Gasteiger partial charge < -0.3 is 14.8 Å². The van der Waals surface area contributed by atoms with E-state index in [1.807, 2.05) is 0 Å². The number of ether oxygens (including phenoxy) is 2. The summed E-state index contributed by atoms with van der Waals surface area (Å²) in [6, 6.07) is 11.4. The second kappa shape index (κ2) is 6.76. The highest BCUT2D eigenvalue weighted by atomic mass is 16.5. The molecule has 1 amide bonds. The van der Waals surface area contributed by atoms with Gasteiger partial charge in [0.05, 0.1) is 18.6 Å². The van der Waals surface area contributed by atoms with Gasteiger partial charge in [0.2, 0.25) is 5.91 Å². The molecular weight excluding hydrogens is 322 g/mol. The molecule has 0 unspecified atom stereocenters. The number of methoxy groups -OCH3 is 1. The Morgan fingerprint density at radius 3 is 2.44 bits per heavy atom. The summed E-state index contributed by atoms with van der Waals surface area (Å²) in [6.45, 7) is 1.42. The Hall–Kier alpha value is -3.15. The average Bonchev–Trinajstić information content (AvgIpc) is 2.93. The van der Waals surface area contributed by atoms with E-state index in [2.05, 4.69) is 5.32 Å². The number of esters is 1. The standard InChI is InChI=1S/C19H17NO5/c1-11-15-9-13(5-8-16(15)20-18(11)22)17(21)10-25-19(23)12-3-6-14(24-2)7-4-12/h3-9,11H,10H2,1-2H3,(H,20,22)/t11-/m1/s1. The molecule has 0 radical (unpaired) electrons. The molecule has 1 aliphatic rings. The largest absolute Gasteiger partial charge is 0.497 e. The second-order valence-corrected chi connectivity index (χ2v) is 5.74. The quantitative estimate of drug-likeness (QED) is 0.669. The van der Waals surface area contributed by atoms with Crippen LogP contribution in [0.15, 0.2) is 42.5 Å². The van der Waals surface area contributed by atoms with Crippen molar-refractivity contribution in [1.29, 1.82) is 0 Å². The number of nitrogens with one attached hydrogen (secondary N) is 1. The van der Waals surface area contributed by atoms with Crippen molar-refractivity contribution in [1.82, 2.24) is 0 Å². The maximum absolute atomic E-state index is 12.3. The monoisotopic (exact) mass is 339 g/mol. The van der Waals surface area contributed by atoms with Gasteiger partial charge in [-0.3, -0.25) is 9.59 Å². The van der Waals surface area contributed by atoms with Crippen LogP contribution in [-0.4, -0.2) is 31.4 Å². The highest BCUT2D eigenvalue weighted by molar-refractivity contribution is 6.05. The summed E-state index contributed by atoms with van der Waals surface area (Å²) >= 11 is 0. The summed E-state index contributed by atoms with van der Waals surface area (Å²) < 4.78 is 10.1. The van der Waals surface area contributed by atoms with Gasteiger partial charge in [0.15, 0.2) is 12.4 Å². The number of ketones is 1.